The van der Waals surface area contributed by atoms with E-state index in [2.05, 4.69) is 27.6 Å². The monoisotopic (exact) mass is 347 g/mol. The molecule has 0 bridgehead atoms. The van der Waals surface area contributed by atoms with Crippen LogP contribution in [0.2, 0.25) is 0 Å². The fourth-order valence-electron chi connectivity index (χ4n) is 2.45. The van der Waals surface area contributed by atoms with Gasteiger partial charge in [-0.3, -0.25) is 0 Å². The van der Waals surface area contributed by atoms with Gasteiger partial charge in [-0.15, -0.1) is 0 Å². The summed E-state index contributed by atoms with van der Waals surface area (Å²) in [5, 5.41) is 9.11. The summed E-state index contributed by atoms with van der Waals surface area (Å²) >= 11 is 3.26. The quantitative estimate of drug-likeness (QED) is 0.878. The minimum atomic E-state index is -3.54. The zero-order valence-electron chi connectivity index (χ0n) is 10.8. The largest absolute Gasteiger partial charge is 0.392 e. The molecule has 4 nitrogen and oxygen atoms in total. The van der Waals surface area contributed by atoms with Gasteiger partial charge in [-0.1, -0.05) is 13.0 Å². The first-order valence-corrected chi connectivity index (χ1v) is 8.61. The van der Waals surface area contributed by atoms with Crippen molar-refractivity contribution in [1.82, 2.24) is 4.72 Å². The molecule has 0 aromatic heterocycles. The minimum Gasteiger partial charge on any atom is -0.392 e. The van der Waals surface area contributed by atoms with E-state index in [4.69, 9.17) is 5.11 Å². The molecule has 2 N–H and O–H groups in total. The van der Waals surface area contributed by atoms with Crippen LogP contribution in [0, 0.1) is 5.92 Å². The van der Waals surface area contributed by atoms with Crippen molar-refractivity contribution in [1.29, 1.82) is 0 Å². The summed E-state index contributed by atoms with van der Waals surface area (Å²) in [6.07, 6.45) is 2.83. The number of benzene rings is 1. The van der Waals surface area contributed by atoms with Gasteiger partial charge in [0.2, 0.25) is 10.0 Å². The molecule has 0 amide bonds. The van der Waals surface area contributed by atoms with Crippen molar-refractivity contribution in [2.24, 2.45) is 5.92 Å². The Balaban J connectivity index is 2.24. The van der Waals surface area contributed by atoms with Crippen LogP contribution in [0.5, 0.6) is 0 Å². The summed E-state index contributed by atoms with van der Waals surface area (Å²) in [5.74, 6) is 0.569. The molecule has 0 saturated heterocycles. The average molecular weight is 348 g/mol. The Hall–Kier alpha value is -0.430. The molecule has 0 spiro atoms. The third-order valence-electron chi connectivity index (χ3n) is 3.48. The Kier molecular flexibility index (Phi) is 4.66. The number of rotatable bonds is 4. The van der Waals surface area contributed by atoms with Gasteiger partial charge in [0.05, 0.1) is 11.5 Å². The van der Waals surface area contributed by atoms with Gasteiger partial charge in [-0.25, -0.2) is 13.1 Å². The highest BCUT2D eigenvalue weighted by Gasteiger charge is 2.27. The van der Waals surface area contributed by atoms with Gasteiger partial charge in [0, 0.05) is 10.5 Å². The molecule has 106 valence electrons. The van der Waals surface area contributed by atoms with Crippen LogP contribution in [-0.2, 0) is 16.6 Å². The smallest absolute Gasteiger partial charge is 0.241 e. The molecular formula is C13H18BrNO3S. The Bertz CT molecular complexity index is 559. The van der Waals surface area contributed by atoms with Gasteiger partial charge >= 0.3 is 0 Å². The summed E-state index contributed by atoms with van der Waals surface area (Å²) < 4.78 is 28.0. The number of hydrogen-bond donors (Lipinski definition) is 2. The third-order valence-corrected chi connectivity index (χ3v) is 6.00. The summed E-state index contributed by atoms with van der Waals surface area (Å²) in [6.45, 7) is 1.97. The normalized spacial score (nSPS) is 23.7. The van der Waals surface area contributed by atoms with Crippen LogP contribution in [-0.4, -0.2) is 19.6 Å². The maximum Gasteiger partial charge on any atom is 0.241 e. The number of aliphatic hydroxyl groups excluding tert-OH is 1. The van der Waals surface area contributed by atoms with Gasteiger partial charge in [0.1, 0.15) is 0 Å². The lowest BCUT2D eigenvalue weighted by atomic mass is 10.1. The fourth-order valence-corrected chi connectivity index (χ4v) is 4.75. The van der Waals surface area contributed by atoms with E-state index in [0.717, 1.165) is 19.3 Å². The lowest BCUT2D eigenvalue weighted by Gasteiger charge is -2.14. The van der Waals surface area contributed by atoms with Gasteiger partial charge in [0.15, 0.2) is 0 Å². The van der Waals surface area contributed by atoms with Crippen LogP contribution >= 0.6 is 15.9 Å². The molecule has 0 radical (unpaired) electrons. The van der Waals surface area contributed by atoms with Crippen LogP contribution in [0.1, 0.15) is 31.7 Å². The van der Waals surface area contributed by atoms with Crippen LogP contribution in [0.3, 0.4) is 0 Å². The summed E-state index contributed by atoms with van der Waals surface area (Å²) in [6, 6.07) is 4.87. The number of sulfonamides is 1. The molecule has 1 aliphatic carbocycles. The zero-order chi connectivity index (χ0) is 14.0. The molecule has 1 aliphatic rings. The second-order valence-corrected chi connectivity index (χ2v) is 7.70. The number of halogens is 1. The van der Waals surface area contributed by atoms with E-state index in [1.165, 1.54) is 6.07 Å². The second kappa shape index (κ2) is 5.91. The molecule has 1 saturated carbocycles. The first kappa shape index (κ1) is 15.0. The predicted octanol–water partition coefficient (Wildman–Crippen LogP) is 2.41. The maximum absolute atomic E-state index is 12.4. The minimum absolute atomic E-state index is 0.0182. The Labute approximate surface area is 122 Å². The lowest BCUT2D eigenvalue weighted by molar-refractivity contribution is 0.281. The van der Waals surface area contributed by atoms with Crippen LogP contribution < -0.4 is 4.72 Å². The predicted molar refractivity (Wildman–Crippen MR) is 77.2 cm³/mol. The first-order chi connectivity index (χ1) is 8.92. The van der Waals surface area contributed by atoms with Gasteiger partial charge in [-0.05, 0) is 58.8 Å². The van der Waals surface area contributed by atoms with Gasteiger partial charge in [0.25, 0.3) is 0 Å². The highest BCUT2D eigenvalue weighted by molar-refractivity contribution is 9.10. The molecule has 19 heavy (non-hydrogen) atoms. The molecule has 1 fully saturated rings. The van der Waals surface area contributed by atoms with Crippen LogP contribution in [0.15, 0.2) is 27.6 Å². The van der Waals surface area contributed by atoms with Gasteiger partial charge < -0.3 is 5.11 Å². The zero-order valence-corrected chi connectivity index (χ0v) is 13.2. The molecule has 1 aromatic rings. The van der Waals surface area contributed by atoms with Crippen molar-refractivity contribution >= 4 is 26.0 Å². The van der Waals surface area contributed by atoms with E-state index < -0.39 is 10.0 Å². The van der Waals surface area contributed by atoms with Crippen molar-refractivity contribution in [3.8, 4) is 0 Å². The summed E-state index contributed by atoms with van der Waals surface area (Å²) in [4.78, 5) is 0.193. The molecule has 6 heteroatoms. The van der Waals surface area contributed by atoms with Crippen molar-refractivity contribution in [2.75, 3.05) is 0 Å². The lowest BCUT2D eigenvalue weighted by Crippen LogP contribution is -2.33. The Morgan fingerprint density at radius 2 is 2.16 bits per heavy atom. The van der Waals surface area contributed by atoms with Crippen molar-refractivity contribution < 1.29 is 13.5 Å². The molecule has 2 rings (SSSR count). The van der Waals surface area contributed by atoms with E-state index in [1.54, 1.807) is 12.1 Å². The fraction of sp³-hybridized carbons (Fsp3) is 0.538. The SMILES string of the molecule is CC1CCC(NS(=O)(=O)c2cc(CO)ccc2Br)C1. The van der Waals surface area contributed by atoms with E-state index in [0.29, 0.717) is 16.0 Å². The molecular weight excluding hydrogens is 330 g/mol. The number of nitrogens with one attached hydrogen (secondary N) is 1. The summed E-state index contributed by atoms with van der Waals surface area (Å²) in [7, 11) is -3.54. The Morgan fingerprint density at radius 3 is 2.74 bits per heavy atom. The van der Waals surface area contributed by atoms with E-state index in [1.807, 2.05) is 0 Å². The van der Waals surface area contributed by atoms with E-state index in [9.17, 15) is 8.42 Å². The van der Waals surface area contributed by atoms with Gasteiger partial charge in [-0.2, -0.15) is 0 Å². The average Bonchev–Trinajstić information content (AvgIpc) is 2.74. The highest BCUT2D eigenvalue weighted by Crippen LogP contribution is 2.28. The first-order valence-electron chi connectivity index (χ1n) is 6.34. The van der Waals surface area contributed by atoms with Crippen molar-refractivity contribution in [2.45, 2.75) is 43.7 Å². The molecule has 1 aromatic carbocycles. The van der Waals surface area contributed by atoms with Crippen molar-refractivity contribution in [3.05, 3.63) is 28.2 Å². The molecule has 0 heterocycles. The number of hydrogen-bond acceptors (Lipinski definition) is 3. The highest BCUT2D eigenvalue weighted by atomic mass is 79.9. The van der Waals surface area contributed by atoms with Crippen LogP contribution in [0.25, 0.3) is 0 Å². The number of aliphatic hydroxyl groups is 1. The molecule has 0 aliphatic heterocycles. The Morgan fingerprint density at radius 1 is 1.42 bits per heavy atom. The maximum atomic E-state index is 12.4. The van der Waals surface area contributed by atoms with Crippen LogP contribution in [0.4, 0.5) is 0 Å². The topological polar surface area (TPSA) is 66.4 Å². The molecule has 2 unspecified atom stereocenters. The van der Waals surface area contributed by atoms with E-state index >= 15 is 0 Å². The second-order valence-electron chi connectivity index (χ2n) is 5.16. The third kappa shape index (κ3) is 3.56. The molecule has 2 atom stereocenters. The van der Waals surface area contributed by atoms with E-state index in [-0.39, 0.29) is 17.5 Å². The van der Waals surface area contributed by atoms with Crippen molar-refractivity contribution in [3.63, 3.8) is 0 Å². The summed E-state index contributed by atoms with van der Waals surface area (Å²) in [5.41, 5.74) is 0.586. The standard InChI is InChI=1S/C13H18BrNO3S/c1-9-2-4-11(6-9)15-19(17,18)13-7-10(8-16)3-5-12(13)14/h3,5,7,9,11,15-16H,2,4,6,8H2,1H3.